The summed E-state index contributed by atoms with van der Waals surface area (Å²) in [4.78, 5) is 0. The lowest BCUT2D eigenvalue weighted by atomic mass is 10.2. The Hall–Kier alpha value is -1.56. The zero-order chi connectivity index (χ0) is 12.2. The number of hydrogen-bond acceptors (Lipinski definition) is 5. The Morgan fingerprint density at radius 1 is 1.56 bits per heavy atom. The third-order valence-electron chi connectivity index (χ3n) is 1.62. The standard InChI is InChI=1S/C10H13NO4S/c1-4-5-9(7-14-16(3,12)13)10-6-8(2)15-11-10/h4-7H,1-3H3/b5-4-,9-7+. The van der Waals surface area contributed by atoms with E-state index in [1.807, 2.05) is 0 Å². The van der Waals surface area contributed by atoms with Crippen molar-refractivity contribution in [2.45, 2.75) is 13.8 Å². The van der Waals surface area contributed by atoms with Gasteiger partial charge in [-0.2, -0.15) is 8.42 Å². The van der Waals surface area contributed by atoms with E-state index in [1.54, 1.807) is 32.1 Å². The van der Waals surface area contributed by atoms with E-state index in [4.69, 9.17) is 4.52 Å². The second-order valence-electron chi connectivity index (χ2n) is 3.20. The van der Waals surface area contributed by atoms with Crippen molar-refractivity contribution in [1.82, 2.24) is 5.16 Å². The van der Waals surface area contributed by atoms with Gasteiger partial charge >= 0.3 is 10.1 Å². The lowest BCUT2D eigenvalue weighted by Crippen LogP contribution is -1.97. The summed E-state index contributed by atoms with van der Waals surface area (Å²) in [5.74, 6) is 0.643. The molecule has 0 spiro atoms. The molecule has 0 fully saturated rings. The largest absolute Gasteiger partial charge is 0.390 e. The fraction of sp³-hybridized carbons (Fsp3) is 0.300. The number of nitrogens with zero attached hydrogens (tertiary/aromatic N) is 1. The molecular weight excluding hydrogens is 230 g/mol. The lowest BCUT2D eigenvalue weighted by molar-refractivity contribution is 0.395. The van der Waals surface area contributed by atoms with Gasteiger partial charge in [0.2, 0.25) is 0 Å². The van der Waals surface area contributed by atoms with E-state index >= 15 is 0 Å². The maximum Gasteiger partial charge on any atom is 0.305 e. The summed E-state index contributed by atoms with van der Waals surface area (Å²) in [6.07, 6.45) is 5.54. The first kappa shape index (κ1) is 12.5. The first-order chi connectivity index (χ1) is 7.42. The molecule has 0 N–H and O–H groups in total. The summed E-state index contributed by atoms with van der Waals surface area (Å²) < 4.78 is 31.2. The minimum atomic E-state index is -3.51. The van der Waals surface area contributed by atoms with Crippen LogP contribution in [0.4, 0.5) is 0 Å². The molecule has 0 saturated carbocycles. The maximum absolute atomic E-state index is 10.8. The van der Waals surface area contributed by atoms with Gasteiger partial charge in [-0.25, -0.2) is 0 Å². The monoisotopic (exact) mass is 243 g/mol. The minimum absolute atomic E-state index is 0.527. The van der Waals surface area contributed by atoms with Gasteiger partial charge in [0, 0.05) is 11.6 Å². The van der Waals surface area contributed by atoms with Gasteiger partial charge in [-0.15, -0.1) is 0 Å². The molecule has 6 heteroatoms. The molecule has 0 aliphatic rings. The number of aromatic nitrogens is 1. The molecule has 1 aromatic rings. The highest BCUT2D eigenvalue weighted by molar-refractivity contribution is 7.86. The topological polar surface area (TPSA) is 69.4 Å². The maximum atomic E-state index is 10.8. The molecule has 0 saturated heterocycles. The Morgan fingerprint density at radius 3 is 2.69 bits per heavy atom. The quantitative estimate of drug-likeness (QED) is 0.458. The fourth-order valence-corrected chi connectivity index (χ4v) is 1.28. The van der Waals surface area contributed by atoms with Gasteiger partial charge in [0.05, 0.1) is 6.26 Å². The van der Waals surface area contributed by atoms with Crippen LogP contribution < -0.4 is 0 Å². The van der Waals surface area contributed by atoms with E-state index in [9.17, 15) is 8.42 Å². The second kappa shape index (κ2) is 4.98. The van der Waals surface area contributed by atoms with Gasteiger partial charge < -0.3 is 8.71 Å². The predicted octanol–water partition coefficient (Wildman–Crippen LogP) is 1.88. The van der Waals surface area contributed by atoms with E-state index in [-0.39, 0.29) is 0 Å². The lowest BCUT2D eigenvalue weighted by Gasteiger charge is -1.98. The molecule has 1 rings (SSSR count). The SMILES string of the molecule is C/C=C\C(=C/OS(C)(=O)=O)c1cc(C)on1. The molecule has 0 aromatic carbocycles. The van der Waals surface area contributed by atoms with Gasteiger partial charge in [0.25, 0.3) is 0 Å². The summed E-state index contributed by atoms with van der Waals surface area (Å²) in [6.45, 7) is 3.56. The van der Waals surface area contributed by atoms with Gasteiger partial charge in [0.15, 0.2) is 0 Å². The van der Waals surface area contributed by atoms with E-state index in [2.05, 4.69) is 9.34 Å². The Kier molecular flexibility index (Phi) is 3.89. The zero-order valence-electron chi connectivity index (χ0n) is 9.30. The van der Waals surface area contributed by atoms with Crippen LogP contribution in [0.1, 0.15) is 18.4 Å². The van der Waals surface area contributed by atoms with E-state index in [0.717, 1.165) is 12.5 Å². The van der Waals surface area contributed by atoms with Crippen LogP contribution in [0.15, 0.2) is 29.0 Å². The third kappa shape index (κ3) is 3.90. The molecule has 1 heterocycles. The van der Waals surface area contributed by atoms with Crippen LogP contribution in [0.2, 0.25) is 0 Å². The molecule has 16 heavy (non-hydrogen) atoms. The highest BCUT2D eigenvalue weighted by Crippen LogP contribution is 2.16. The highest BCUT2D eigenvalue weighted by atomic mass is 32.2. The molecule has 0 aliphatic carbocycles. The van der Waals surface area contributed by atoms with Crippen molar-refractivity contribution in [2.24, 2.45) is 0 Å². The average Bonchev–Trinajstić information content (AvgIpc) is 2.57. The number of rotatable bonds is 4. The minimum Gasteiger partial charge on any atom is -0.390 e. The van der Waals surface area contributed by atoms with Crippen molar-refractivity contribution in [3.8, 4) is 0 Å². The number of aryl methyl sites for hydroxylation is 1. The van der Waals surface area contributed by atoms with Crippen molar-refractivity contribution >= 4 is 15.7 Å². The van der Waals surface area contributed by atoms with Crippen LogP contribution in [0.25, 0.3) is 5.57 Å². The van der Waals surface area contributed by atoms with Crippen molar-refractivity contribution in [3.63, 3.8) is 0 Å². The molecule has 88 valence electrons. The first-order valence-corrected chi connectivity index (χ1v) is 6.39. The van der Waals surface area contributed by atoms with Crippen LogP contribution in [0, 0.1) is 6.92 Å². The smallest absolute Gasteiger partial charge is 0.305 e. The Labute approximate surface area is 94.5 Å². The molecule has 0 bridgehead atoms. The van der Waals surface area contributed by atoms with Crippen LogP contribution in [0.5, 0.6) is 0 Å². The predicted molar refractivity (Wildman–Crippen MR) is 60.0 cm³/mol. The van der Waals surface area contributed by atoms with Gasteiger partial charge in [0.1, 0.15) is 17.7 Å². The van der Waals surface area contributed by atoms with Gasteiger partial charge in [-0.1, -0.05) is 17.3 Å². The Morgan fingerprint density at radius 2 is 2.25 bits per heavy atom. The van der Waals surface area contributed by atoms with Crippen LogP contribution in [-0.4, -0.2) is 19.8 Å². The van der Waals surface area contributed by atoms with Crippen molar-refractivity contribution < 1.29 is 17.1 Å². The summed E-state index contributed by atoms with van der Waals surface area (Å²) in [5, 5.41) is 3.77. The highest BCUT2D eigenvalue weighted by Gasteiger charge is 2.06. The van der Waals surface area contributed by atoms with E-state index in [0.29, 0.717) is 17.0 Å². The third-order valence-corrected chi connectivity index (χ3v) is 2.07. The van der Waals surface area contributed by atoms with Gasteiger partial charge in [-0.3, -0.25) is 0 Å². The molecular formula is C10H13NO4S. The van der Waals surface area contributed by atoms with E-state index in [1.165, 1.54) is 0 Å². The normalized spacial score (nSPS) is 13.3. The average molecular weight is 243 g/mol. The fourth-order valence-electron chi connectivity index (χ4n) is 1.01. The second-order valence-corrected chi connectivity index (χ2v) is 4.80. The Balaban J connectivity index is 3.00. The first-order valence-electron chi connectivity index (χ1n) is 4.57. The van der Waals surface area contributed by atoms with Crippen molar-refractivity contribution in [2.75, 3.05) is 6.26 Å². The summed E-state index contributed by atoms with van der Waals surface area (Å²) in [6, 6.07) is 1.69. The van der Waals surface area contributed by atoms with Crippen LogP contribution in [-0.2, 0) is 14.3 Å². The van der Waals surface area contributed by atoms with Crippen LogP contribution in [0.3, 0.4) is 0 Å². The summed E-state index contributed by atoms with van der Waals surface area (Å²) in [5.41, 5.74) is 1.06. The van der Waals surface area contributed by atoms with E-state index < -0.39 is 10.1 Å². The molecule has 0 amide bonds. The molecule has 0 aliphatic heterocycles. The molecule has 5 nitrogen and oxygen atoms in total. The van der Waals surface area contributed by atoms with Gasteiger partial charge in [-0.05, 0) is 13.8 Å². The van der Waals surface area contributed by atoms with Crippen molar-refractivity contribution in [1.29, 1.82) is 0 Å². The molecule has 1 aromatic heterocycles. The number of allylic oxidation sites excluding steroid dienone is 3. The number of hydrogen-bond donors (Lipinski definition) is 0. The van der Waals surface area contributed by atoms with Crippen molar-refractivity contribution in [3.05, 3.63) is 35.9 Å². The molecule has 0 atom stereocenters. The molecule has 0 unspecified atom stereocenters. The summed E-state index contributed by atoms with van der Waals surface area (Å²) in [7, 11) is -3.51. The Bertz CT molecular complexity index is 511. The molecule has 0 radical (unpaired) electrons. The zero-order valence-corrected chi connectivity index (χ0v) is 10.1. The van der Waals surface area contributed by atoms with Crippen LogP contribution >= 0.6 is 0 Å². The summed E-state index contributed by atoms with van der Waals surface area (Å²) >= 11 is 0.